The van der Waals surface area contributed by atoms with Crippen LogP contribution in [0.25, 0.3) is 27.3 Å². The summed E-state index contributed by atoms with van der Waals surface area (Å²) in [6.07, 6.45) is 6.46. The minimum Gasteiger partial charge on any atom is -0.488 e. The normalized spacial score (nSPS) is 20.0. The average molecular weight is 772 g/mol. The molecule has 4 aliphatic heterocycles. The first-order valence-corrected chi connectivity index (χ1v) is 19.8. The number of alkyl carbamates (subject to hydrolysis) is 2. The number of aliphatic imine (C=N–C) groups is 1. The van der Waals surface area contributed by atoms with Crippen LogP contribution in [-0.4, -0.2) is 94.9 Å². The molecule has 292 valence electrons. The van der Waals surface area contributed by atoms with Gasteiger partial charge in [-0.25, -0.2) is 14.6 Å². The Labute approximate surface area is 324 Å². The minimum absolute atomic E-state index is 0.0929. The fourth-order valence-corrected chi connectivity index (χ4v) is 9.18. The quantitative estimate of drug-likeness (QED) is 0.216. The van der Waals surface area contributed by atoms with E-state index in [1.165, 1.54) is 14.2 Å². The molecule has 0 radical (unpaired) electrons. The molecule has 15 heteroatoms. The number of carbonyl (C=O) groups excluding carboxylic acids is 4. The maximum absolute atomic E-state index is 13.6. The molecule has 4 atom stereocenters. The van der Waals surface area contributed by atoms with Crippen molar-refractivity contribution in [3.05, 3.63) is 52.9 Å². The van der Waals surface area contributed by atoms with E-state index in [1.807, 2.05) is 44.9 Å². The molecule has 0 spiro atoms. The first-order valence-electron chi connectivity index (χ1n) is 19.0. The number of likely N-dealkylation sites (tertiary alicyclic amines) is 2. The maximum atomic E-state index is 13.6. The van der Waals surface area contributed by atoms with E-state index in [2.05, 4.69) is 33.8 Å². The fourth-order valence-electron chi connectivity index (χ4n) is 7.98. The maximum Gasteiger partial charge on any atom is 0.407 e. The third-order valence-electron chi connectivity index (χ3n) is 11.0. The van der Waals surface area contributed by atoms with Crippen LogP contribution in [0, 0.1) is 11.8 Å². The number of methoxy groups -OCH3 is 2. The number of hydrogen-bond acceptors (Lipinski definition) is 10. The van der Waals surface area contributed by atoms with Gasteiger partial charge in [0.15, 0.2) is 0 Å². The minimum atomic E-state index is -0.698. The van der Waals surface area contributed by atoms with Crippen LogP contribution in [-0.2, 0) is 25.7 Å². The van der Waals surface area contributed by atoms with E-state index in [1.54, 1.807) is 22.4 Å². The van der Waals surface area contributed by atoms with Gasteiger partial charge in [0, 0.05) is 57.9 Å². The van der Waals surface area contributed by atoms with Crippen molar-refractivity contribution in [1.29, 1.82) is 0 Å². The third kappa shape index (κ3) is 7.58. The van der Waals surface area contributed by atoms with E-state index in [-0.39, 0.29) is 35.7 Å². The topological polar surface area (TPSA) is 168 Å². The van der Waals surface area contributed by atoms with Crippen molar-refractivity contribution in [3.63, 3.8) is 0 Å². The molecule has 2 aromatic heterocycles. The van der Waals surface area contributed by atoms with Gasteiger partial charge in [-0.2, -0.15) is 0 Å². The van der Waals surface area contributed by atoms with Gasteiger partial charge in [0.25, 0.3) is 0 Å². The number of amides is 4. The van der Waals surface area contributed by atoms with Gasteiger partial charge in [-0.3, -0.25) is 14.6 Å². The molecule has 7 rings (SSSR count). The van der Waals surface area contributed by atoms with Gasteiger partial charge in [0.05, 0.1) is 38.2 Å². The van der Waals surface area contributed by atoms with Crippen LogP contribution in [0.15, 0.2) is 41.7 Å². The van der Waals surface area contributed by atoms with Crippen molar-refractivity contribution in [2.24, 2.45) is 16.8 Å². The Hall–Kier alpha value is -5.18. The second kappa shape index (κ2) is 15.9. The van der Waals surface area contributed by atoms with Crippen LogP contribution in [0.2, 0.25) is 0 Å². The zero-order chi connectivity index (χ0) is 39.0. The van der Waals surface area contributed by atoms with Crippen LogP contribution in [0.4, 0.5) is 9.59 Å². The summed E-state index contributed by atoms with van der Waals surface area (Å²) in [5.41, 5.74) is 5.98. The van der Waals surface area contributed by atoms with Gasteiger partial charge in [-0.1, -0.05) is 33.8 Å². The highest BCUT2D eigenvalue weighted by Gasteiger charge is 2.40. The highest BCUT2D eigenvalue weighted by atomic mass is 32.1. The molecule has 0 unspecified atom stereocenters. The Kier molecular flexibility index (Phi) is 11.0. The summed E-state index contributed by atoms with van der Waals surface area (Å²) in [5, 5.41) is 5.42. The zero-order valence-corrected chi connectivity index (χ0v) is 33.0. The second-order valence-corrected chi connectivity index (χ2v) is 16.2. The number of nitrogens with one attached hydrogen (secondary N) is 3. The number of allylic oxidation sites excluding steroid dienone is 1. The number of carbonyl (C=O) groups is 4. The summed E-state index contributed by atoms with van der Waals surface area (Å²) in [5.74, 6) is 1.04. The lowest BCUT2D eigenvalue weighted by molar-refractivity contribution is -0.135. The molecular formula is C40H49N7O7S. The molecule has 2 fully saturated rings. The second-order valence-electron chi connectivity index (χ2n) is 15.2. The SMILES string of the molecule is COC(=O)N[C@H](C(=O)N1CCC[C@H]1C1=NC=C(c2cc3c(s2)-c2ccc(-c4cnc([C@@H]5CCCN5C(=O)[C@@H](NC(=O)OC)C(C)C)[nH]4)cc2OC3)C1)C(C)C. The zero-order valence-electron chi connectivity index (χ0n) is 32.1. The van der Waals surface area contributed by atoms with Crippen molar-refractivity contribution < 1.29 is 33.4 Å². The third-order valence-corrected chi connectivity index (χ3v) is 12.2. The molecule has 3 aromatic rings. The number of imidazole rings is 1. The fraction of sp³-hybridized carbons (Fsp3) is 0.500. The molecule has 55 heavy (non-hydrogen) atoms. The number of rotatable bonds is 10. The van der Waals surface area contributed by atoms with Crippen LogP contribution in [0.1, 0.15) is 82.1 Å². The first-order chi connectivity index (χ1) is 26.5. The average Bonchev–Trinajstić information content (AvgIpc) is 4.03. The highest BCUT2D eigenvalue weighted by Crippen LogP contribution is 2.46. The van der Waals surface area contributed by atoms with Crippen molar-refractivity contribution in [1.82, 2.24) is 30.4 Å². The molecule has 4 amide bonds. The summed E-state index contributed by atoms with van der Waals surface area (Å²) < 4.78 is 15.8. The number of benzene rings is 1. The highest BCUT2D eigenvalue weighted by molar-refractivity contribution is 7.16. The van der Waals surface area contributed by atoms with E-state index < -0.39 is 24.3 Å². The molecule has 0 aliphatic carbocycles. The summed E-state index contributed by atoms with van der Waals surface area (Å²) in [6, 6.07) is 6.66. The molecule has 14 nitrogen and oxygen atoms in total. The standard InChI is InChI=1S/C40H49N7O7S/c1-21(2)33(44-39(50)52-5)37(48)46-13-7-9-29(46)27-15-24(18-41-27)32-17-25-20-54-31-16-23(11-12-26(31)35(25)55-32)28-19-42-36(43-28)30-10-8-14-47(30)38(49)34(22(3)4)45-40(51)53-6/h11-12,16-19,21-22,29-30,33-34H,7-10,13-15,20H2,1-6H3,(H,42,43)(H,44,50)(H,45,51)/t29-,30-,33-,34-/m0/s1. The molecule has 3 N–H and O–H groups in total. The van der Waals surface area contributed by atoms with Crippen molar-refractivity contribution in [2.75, 3.05) is 27.3 Å². The molecule has 4 aliphatic rings. The van der Waals surface area contributed by atoms with E-state index in [9.17, 15) is 19.2 Å². The lowest BCUT2D eigenvalue weighted by atomic mass is 9.99. The number of H-pyrrole nitrogens is 1. The molecule has 2 saturated heterocycles. The van der Waals surface area contributed by atoms with Gasteiger partial charge in [0.2, 0.25) is 11.8 Å². The first kappa shape index (κ1) is 38.1. The monoisotopic (exact) mass is 771 g/mol. The number of hydrogen-bond donors (Lipinski definition) is 3. The number of aromatic nitrogens is 2. The lowest BCUT2D eigenvalue weighted by Gasteiger charge is -2.31. The number of nitrogens with zero attached hydrogens (tertiary/aromatic N) is 4. The van der Waals surface area contributed by atoms with Gasteiger partial charge in [-0.15, -0.1) is 11.3 Å². The van der Waals surface area contributed by atoms with Crippen LogP contribution in [0.5, 0.6) is 5.75 Å². The Bertz CT molecular complexity index is 2030. The predicted octanol–water partition coefficient (Wildman–Crippen LogP) is 6.30. The number of ether oxygens (including phenoxy) is 3. The molecule has 1 aromatic carbocycles. The van der Waals surface area contributed by atoms with Crippen molar-refractivity contribution >= 4 is 46.6 Å². The lowest BCUT2D eigenvalue weighted by Crippen LogP contribution is -2.53. The number of thiophene rings is 1. The Morgan fingerprint density at radius 2 is 1.55 bits per heavy atom. The Balaban J connectivity index is 1.03. The van der Waals surface area contributed by atoms with E-state index in [0.29, 0.717) is 31.9 Å². The number of aromatic amines is 1. The largest absolute Gasteiger partial charge is 0.488 e. The van der Waals surface area contributed by atoms with E-state index in [0.717, 1.165) is 74.9 Å². The van der Waals surface area contributed by atoms with Gasteiger partial charge >= 0.3 is 12.2 Å². The summed E-state index contributed by atoms with van der Waals surface area (Å²) in [4.78, 5) is 70.2. The smallest absolute Gasteiger partial charge is 0.407 e. The van der Waals surface area contributed by atoms with Gasteiger partial charge in [-0.05, 0) is 61.3 Å². The van der Waals surface area contributed by atoms with E-state index in [4.69, 9.17) is 24.2 Å². The molecular weight excluding hydrogens is 723 g/mol. The van der Waals surface area contributed by atoms with E-state index >= 15 is 0 Å². The van der Waals surface area contributed by atoms with Crippen molar-refractivity contribution in [2.45, 2.75) is 90.6 Å². The summed E-state index contributed by atoms with van der Waals surface area (Å²) >= 11 is 1.72. The van der Waals surface area contributed by atoms with Crippen LogP contribution >= 0.6 is 11.3 Å². The summed E-state index contributed by atoms with van der Waals surface area (Å²) in [7, 11) is 2.59. The van der Waals surface area contributed by atoms with Gasteiger partial charge in [0.1, 0.15) is 30.3 Å². The van der Waals surface area contributed by atoms with Crippen LogP contribution < -0.4 is 15.4 Å². The predicted molar refractivity (Wildman–Crippen MR) is 208 cm³/mol. The van der Waals surface area contributed by atoms with Crippen LogP contribution in [0.3, 0.4) is 0 Å². The van der Waals surface area contributed by atoms with Crippen molar-refractivity contribution in [3.8, 4) is 27.4 Å². The molecule has 0 bridgehead atoms. The molecule has 0 saturated carbocycles. The van der Waals surface area contributed by atoms with Gasteiger partial charge < -0.3 is 39.6 Å². The Morgan fingerprint density at radius 3 is 2.18 bits per heavy atom. The summed E-state index contributed by atoms with van der Waals surface area (Å²) in [6.45, 7) is 9.29. The number of fused-ring (bicyclic) bond motifs is 3. The Morgan fingerprint density at radius 1 is 0.909 bits per heavy atom. The molecule has 6 heterocycles.